The maximum absolute atomic E-state index is 2.49. The minimum atomic E-state index is -1.00. The fraction of sp³-hybridized carbons (Fsp3) is 1.00. The molecule has 0 aliphatic rings. The molecule has 91 heavy (non-hydrogen) atoms. The molecular weight excluding hydrogens is 1190 g/mol. The monoisotopic (exact) mass is 1390 g/mol. The van der Waals surface area contributed by atoms with Crippen LogP contribution in [-0.4, -0.2) is 29.4 Å². The van der Waals surface area contributed by atoms with Gasteiger partial charge in [0.05, 0.1) is 0 Å². The van der Waals surface area contributed by atoms with Gasteiger partial charge in [0.1, 0.15) is 0 Å². The molecule has 0 spiro atoms. The Morgan fingerprint density at radius 1 is 0.330 bits per heavy atom. The standard InChI is InChI=1S/C10H22.2C9H20.3C8H18.C7H18Si.3C7H16.C4H12Ge.C4H12Si/c1-7-10(6,8-2)9(3,4)5;1-7-9(5,6)8(2,3)4;1-6-9(5,7-2)8(3)4;1-7(2,3)8(4,5)6;1-6-8(4,5)7(2)3;2*1-5-8(4,6-2)7-3;1-5-7(3,4)6-2;1-5-7(4)6(2)3;1-4-6-7(3)5-2;2*1-5(2,3)4/h7-8H2,1-6H3;7H2,1-6H3;8H,6-7H2,1-5H3;1-6H3;7H,6H2,1-5H3;2*5-7H2,1-4H3;5-6H2,1-4H3;6-7H,5H2,1-4H3;7H,4-6H2,1-3H3;2*1-4H3. The van der Waals surface area contributed by atoms with Gasteiger partial charge >= 0.3 is 36.3 Å². The molecule has 0 saturated carbocycles. The number of hydrogen-bond donors (Lipinski definition) is 0. The van der Waals surface area contributed by atoms with Crippen LogP contribution in [0.5, 0.6) is 0 Å². The van der Waals surface area contributed by atoms with E-state index in [1.165, 1.54) is 114 Å². The molecule has 0 amide bonds. The Hall–Kier alpha value is 0.977. The summed E-state index contributed by atoms with van der Waals surface area (Å²) in [5, 5.41) is 0. The van der Waals surface area contributed by atoms with Gasteiger partial charge in [0.15, 0.2) is 0 Å². The average Bonchev–Trinajstić information content (AvgIpc) is 1.51. The van der Waals surface area contributed by atoms with E-state index in [4.69, 9.17) is 0 Å². The van der Waals surface area contributed by atoms with Crippen LogP contribution in [0.2, 0.25) is 73.9 Å². The third-order valence-corrected chi connectivity index (χ3v) is 29.4. The second kappa shape index (κ2) is 58.7. The van der Waals surface area contributed by atoms with Crippen molar-refractivity contribution in [1.82, 2.24) is 0 Å². The van der Waals surface area contributed by atoms with Crippen LogP contribution in [0.4, 0.5) is 0 Å². The zero-order chi connectivity index (χ0) is 77.1. The number of rotatable bonds is 21. The molecular formula is C88H206GeSi2. The van der Waals surface area contributed by atoms with Crippen LogP contribution >= 0.6 is 0 Å². The van der Waals surface area contributed by atoms with Crippen molar-refractivity contribution in [3.05, 3.63) is 0 Å². The molecule has 3 heteroatoms. The van der Waals surface area contributed by atoms with Crippen molar-refractivity contribution < 1.29 is 0 Å². The summed E-state index contributed by atoms with van der Waals surface area (Å²) >= 11 is -1.00. The van der Waals surface area contributed by atoms with Crippen molar-refractivity contribution in [3.8, 4) is 0 Å². The first-order valence-corrected chi connectivity index (χ1v) is 55.5. The van der Waals surface area contributed by atoms with E-state index in [-0.39, 0.29) is 0 Å². The quantitative estimate of drug-likeness (QED) is 0.101. The number of hydrogen-bond acceptors (Lipinski definition) is 0. The fourth-order valence-corrected chi connectivity index (χ4v) is 7.73. The van der Waals surface area contributed by atoms with Crippen LogP contribution in [0, 0.1) is 83.7 Å². The molecule has 0 fully saturated rings. The Morgan fingerprint density at radius 2 is 0.615 bits per heavy atom. The van der Waals surface area contributed by atoms with Crippen molar-refractivity contribution in [2.24, 2.45) is 83.7 Å². The molecule has 2 atom stereocenters. The second-order valence-electron chi connectivity index (χ2n) is 40.1. The van der Waals surface area contributed by atoms with Crippen LogP contribution in [0.1, 0.15) is 415 Å². The predicted octanol–water partition coefficient (Wildman–Crippen LogP) is 35.6. The van der Waals surface area contributed by atoms with Crippen molar-refractivity contribution in [2.75, 3.05) is 0 Å². The topological polar surface area (TPSA) is 0 Å². The summed E-state index contributed by atoms with van der Waals surface area (Å²) in [4.78, 5) is 0. The van der Waals surface area contributed by atoms with E-state index in [1.54, 1.807) is 0 Å². The summed E-state index contributed by atoms with van der Waals surface area (Å²) in [7, 11) is -1.28. The Labute approximate surface area is 597 Å². The zero-order valence-electron chi connectivity index (χ0n) is 77.1. The molecule has 0 heterocycles. The van der Waals surface area contributed by atoms with Gasteiger partial charge in [-0.1, -0.05) is 466 Å². The molecule has 0 aromatic rings. The summed E-state index contributed by atoms with van der Waals surface area (Å²) in [6.45, 7) is 117. The van der Waals surface area contributed by atoms with E-state index < -0.39 is 29.4 Å². The van der Waals surface area contributed by atoms with Gasteiger partial charge < -0.3 is 0 Å². The molecule has 0 radical (unpaired) electrons. The Balaban J connectivity index is -0.0000000751. The van der Waals surface area contributed by atoms with Crippen molar-refractivity contribution in [2.45, 2.75) is 489 Å². The van der Waals surface area contributed by atoms with Gasteiger partial charge in [-0.2, -0.15) is 0 Å². The van der Waals surface area contributed by atoms with Crippen molar-refractivity contribution in [1.29, 1.82) is 0 Å². The second-order valence-corrected chi connectivity index (χ2v) is 64.4. The fourth-order valence-electron chi connectivity index (χ4n) is 6.23. The van der Waals surface area contributed by atoms with E-state index in [9.17, 15) is 0 Å². The summed E-state index contributed by atoms with van der Waals surface area (Å²) in [5.74, 6) is 13.9. The van der Waals surface area contributed by atoms with E-state index in [0.29, 0.717) is 54.1 Å². The SMILES string of the molecule is CC(C)(C)C(C)(C)C.CCC(C)(C)C(C)(C)C.CCC(C)(C)C(C)C.CCC(C)(C)CC.CCC(C)(CC)C(C)(C)C.CCC(C)(CC)C(C)C.CCC(C)(CC)CC.CCC(C)C(C)C.CCCC(C)CC.CC[Si](C)(CC)CC.C[Si](C)(C)C.[CH3][Ge]([CH3])([CH3])[CH3]. The molecule has 0 bridgehead atoms. The van der Waals surface area contributed by atoms with Crippen LogP contribution in [0.15, 0.2) is 0 Å². The van der Waals surface area contributed by atoms with Crippen molar-refractivity contribution >= 4 is 29.4 Å². The minimum absolute atomic E-state index is 0.437. The van der Waals surface area contributed by atoms with E-state index >= 15 is 0 Å². The first kappa shape index (κ1) is 119. The average molecular weight is 1390 g/mol. The van der Waals surface area contributed by atoms with E-state index in [0.717, 1.165) is 29.6 Å². The third kappa shape index (κ3) is 83.3. The van der Waals surface area contributed by atoms with E-state index in [1.807, 2.05) is 0 Å². The predicted molar refractivity (Wildman–Crippen MR) is 456 cm³/mol. The molecule has 570 valence electrons. The van der Waals surface area contributed by atoms with E-state index in [2.05, 4.69) is 374 Å². The molecule has 0 aromatic carbocycles. The Kier molecular flexibility index (Phi) is 76.8. The molecule has 0 rings (SSSR count). The first-order valence-electron chi connectivity index (χ1n) is 40.0. The van der Waals surface area contributed by atoms with Gasteiger partial charge in [0.25, 0.3) is 0 Å². The molecule has 0 nitrogen and oxygen atoms in total. The first-order chi connectivity index (χ1) is 40.0. The van der Waals surface area contributed by atoms with Gasteiger partial charge in [-0.25, -0.2) is 0 Å². The van der Waals surface area contributed by atoms with Crippen molar-refractivity contribution in [3.63, 3.8) is 0 Å². The normalized spacial score (nSPS) is 13.1. The van der Waals surface area contributed by atoms with Gasteiger partial charge in [0.2, 0.25) is 0 Å². The summed E-state index contributed by atoms with van der Waals surface area (Å²) < 4.78 is 0. The van der Waals surface area contributed by atoms with Gasteiger partial charge in [-0.15, -0.1) is 0 Å². The molecule has 0 saturated heterocycles. The van der Waals surface area contributed by atoms with Crippen LogP contribution in [0.3, 0.4) is 0 Å². The molecule has 2 unspecified atom stereocenters. The Morgan fingerprint density at radius 3 is 0.626 bits per heavy atom. The van der Waals surface area contributed by atoms with Gasteiger partial charge in [0, 0.05) is 16.1 Å². The zero-order valence-corrected chi connectivity index (χ0v) is 81.2. The molecule has 0 aliphatic carbocycles. The summed E-state index contributed by atoms with van der Waals surface area (Å²) in [6, 6.07) is 4.38. The maximum atomic E-state index is 2.49. The van der Waals surface area contributed by atoms with Crippen LogP contribution < -0.4 is 0 Å². The van der Waals surface area contributed by atoms with Crippen LogP contribution in [0.25, 0.3) is 0 Å². The third-order valence-electron chi connectivity index (χ3n) is 24.3. The Bertz CT molecular complexity index is 1330. The molecule has 0 N–H and O–H groups in total. The van der Waals surface area contributed by atoms with Crippen LogP contribution in [-0.2, 0) is 0 Å². The summed E-state index contributed by atoms with van der Waals surface area (Å²) in [5.41, 5.74) is 5.11. The molecule has 0 aliphatic heterocycles. The molecule has 0 aromatic heterocycles. The van der Waals surface area contributed by atoms with Gasteiger partial charge in [-0.3, -0.25) is 0 Å². The van der Waals surface area contributed by atoms with Gasteiger partial charge in [-0.05, 0) is 83.7 Å². The summed E-state index contributed by atoms with van der Waals surface area (Å²) in [6.07, 6.45) is 19.7.